The smallest absolute Gasteiger partial charge is 0.329 e. The topological polar surface area (TPSA) is 98.8 Å². The van der Waals surface area contributed by atoms with Crippen LogP contribution in [0.2, 0.25) is 0 Å². The summed E-state index contributed by atoms with van der Waals surface area (Å²) in [6.07, 6.45) is 0. The molecule has 0 spiro atoms. The summed E-state index contributed by atoms with van der Waals surface area (Å²) in [5, 5.41) is 1.78. The molecule has 0 fully saturated rings. The molecule has 1 N–H and O–H groups in total. The quantitative estimate of drug-likeness (QED) is 0.510. The van der Waals surface area contributed by atoms with Crippen molar-refractivity contribution in [3.05, 3.63) is 53.6 Å². The van der Waals surface area contributed by atoms with Crippen molar-refractivity contribution in [2.45, 2.75) is 19.9 Å². The largest absolute Gasteiger partial charge is 0.467 e. The Bertz CT molecular complexity index is 1030. The standard InChI is InChI=1S/C21H19F2NO6S/c1-11(25)24-18(20(27)29-3)10-31-21(28)16-8-13(4-7-19(16)30-12(2)26)15-6-5-14(22)9-17(15)23/h4-9,18H,10H2,1-3H3,(H,24,25)/t18-/m0/s1. The van der Waals surface area contributed by atoms with E-state index in [0.29, 0.717) is 17.8 Å². The van der Waals surface area contributed by atoms with Crippen LogP contribution in [0.1, 0.15) is 24.2 Å². The molecule has 1 atom stereocenters. The van der Waals surface area contributed by atoms with Crippen molar-refractivity contribution in [2.75, 3.05) is 12.9 Å². The van der Waals surface area contributed by atoms with E-state index < -0.39 is 40.6 Å². The minimum atomic E-state index is -1.08. The summed E-state index contributed by atoms with van der Waals surface area (Å²) in [4.78, 5) is 47.3. The fourth-order valence-corrected chi connectivity index (χ4v) is 3.47. The third-order valence-corrected chi connectivity index (χ3v) is 4.92. The van der Waals surface area contributed by atoms with Gasteiger partial charge in [0.1, 0.15) is 23.4 Å². The number of hydrogen-bond donors (Lipinski definition) is 1. The van der Waals surface area contributed by atoms with Crippen molar-refractivity contribution < 1.29 is 37.4 Å². The van der Waals surface area contributed by atoms with Gasteiger partial charge in [0.2, 0.25) is 11.0 Å². The van der Waals surface area contributed by atoms with Crippen LogP contribution in [0.5, 0.6) is 5.75 Å². The molecule has 2 aromatic carbocycles. The number of ether oxygens (including phenoxy) is 2. The monoisotopic (exact) mass is 451 g/mol. The van der Waals surface area contributed by atoms with Crippen molar-refractivity contribution in [1.82, 2.24) is 5.32 Å². The van der Waals surface area contributed by atoms with Crippen LogP contribution in [0, 0.1) is 11.6 Å². The van der Waals surface area contributed by atoms with Crippen molar-refractivity contribution in [3.63, 3.8) is 0 Å². The number of thioether (sulfide) groups is 1. The minimum absolute atomic E-state index is 0.0421. The first-order valence-electron chi connectivity index (χ1n) is 8.92. The Morgan fingerprint density at radius 1 is 1.06 bits per heavy atom. The van der Waals surface area contributed by atoms with Crippen LogP contribution in [-0.4, -0.2) is 41.9 Å². The zero-order valence-corrected chi connectivity index (χ0v) is 17.7. The van der Waals surface area contributed by atoms with E-state index in [1.54, 1.807) is 0 Å². The van der Waals surface area contributed by atoms with Gasteiger partial charge in [0.25, 0.3) is 0 Å². The third-order valence-electron chi connectivity index (χ3n) is 3.94. The Hall–Kier alpha value is -3.27. The molecule has 10 heteroatoms. The third kappa shape index (κ3) is 6.61. The lowest BCUT2D eigenvalue weighted by atomic mass is 10.0. The normalized spacial score (nSPS) is 11.4. The number of carbonyl (C=O) groups excluding carboxylic acids is 4. The lowest BCUT2D eigenvalue weighted by Crippen LogP contribution is -2.42. The van der Waals surface area contributed by atoms with Crippen LogP contribution in [0.25, 0.3) is 11.1 Å². The van der Waals surface area contributed by atoms with Gasteiger partial charge >= 0.3 is 11.9 Å². The lowest BCUT2D eigenvalue weighted by Gasteiger charge is -2.15. The molecule has 0 saturated carbocycles. The van der Waals surface area contributed by atoms with Gasteiger partial charge in [-0.2, -0.15) is 0 Å². The van der Waals surface area contributed by atoms with Crippen molar-refractivity contribution >= 4 is 34.7 Å². The first-order chi connectivity index (χ1) is 14.6. The number of benzene rings is 2. The molecule has 1 amide bonds. The van der Waals surface area contributed by atoms with E-state index in [9.17, 15) is 28.0 Å². The van der Waals surface area contributed by atoms with Crippen LogP contribution in [0.15, 0.2) is 36.4 Å². The van der Waals surface area contributed by atoms with Gasteiger partial charge in [0, 0.05) is 31.2 Å². The maximum atomic E-state index is 14.2. The van der Waals surface area contributed by atoms with Crippen molar-refractivity contribution in [1.29, 1.82) is 0 Å². The van der Waals surface area contributed by atoms with Gasteiger partial charge in [-0.05, 0) is 29.8 Å². The number of amides is 1. The zero-order chi connectivity index (χ0) is 23.1. The van der Waals surface area contributed by atoms with Gasteiger partial charge in [-0.3, -0.25) is 14.4 Å². The van der Waals surface area contributed by atoms with Crippen LogP contribution in [-0.2, 0) is 19.1 Å². The van der Waals surface area contributed by atoms with Crippen LogP contribution >= 0.6 is 11.8 Å². The zero-order valence-electron chi connectivity index (χ0n) is 16.9. The molecule has 0 aliphatic rings. The molecule has 0 radical (unpaired) electrons. The average Bonchev–Trinajstić information content (AvgIpc) is 2.70. The summed E-state index contributed by atoms with van der Waals surface area (Å²) in [5.74, 6) is -3.70. The predicted octanol–water partition coefficient (Wildman–Crippen LogP) is 3.11. The Morgan fingerprint density at radius 3 is 2.35 bits per heavy atom. The second-order valence-corrected chi connectivity index (χ2v) is 7.30. The predicted molar refractivity (Wildman–Crippen MR) is 110 cm³/mol. The van der Waals surface area contributed by atoms with Gasteiger partial charge in [0.15, 0.2) is 0 Å². The van der Waals surface area contributed by atoms with E-state index in [1.165, 1.54) is 31.2 Å². The number of hydrogen-bond acceptors (Lipinski definition) is 7. The molecule has 2 aromatic rings. The van der Waals surface area contributed by atoms with E-state index in [2.05, 4.69) is 10.1 Å². The van der Waals surface area contributed by atoms with Crippen LogP contribution in [0.3, 0.4) is 0 Å². The number of rotatable bonds is 7. The molecule has 0 bridgehead atoms. The van der Waals surface area contributed by atoms with Gasteiger partial charge in [0.05, 0.1) is 12.7 Å². The van der Waals surface area contributed by atoms with Crippen LogP contribution in [0.4, 0.5) is 8.78 Å². The summed E-state index contributed by atoms with van der Waals surface area (Å²) in [5.41, 5.74) is 0.233. The van der Waals surface area contributed by atoms with Crippen LogP contribution < -0.4 is 10.1 Å². The summed E-state index contributed by atoms with van der Waals surface area (Å²) in [6, 6.07) is 5.96. The highest BCUT2D eigenvalue weighted by Crippen LogP contribution is 2.31. The number of halogens is 2. The van der Waals surface area contributed by atoms with E-state index in [0.717, 1.165) is 20.1 Å². The maximum absolute atomic E-state index is 14.2. The summed E-state index contributed by atoms with van der Waals surface area (Å²) < 4.78 is 37.1. The Kier molecular flexibility index (Phi) is 8.26. The highest BCUT2D eigenvalue weighted by atomic mass is 32.2. The molecule has 2 rings (SSSR count). The lowest BCUT2D eigenvalue weighted by molar-refractivity contribution is -0.144. The Labute approximate surface area is 181 Å². The second kappa shape index (κ2) is 10.7. The summed E-state index contributed by atoms with van der Waals surface area (Å²) in [6.45, 7) is 2.36. The molecule has 0 heterocycles. The molecule has 7 nitrogen and oxygen atoms in total. The average molecular weight is 451 g/mol. The first-order valence-corrected chi connectivity index (χ1v) is 9.91. The van der Waals surface area contributed by atoms with Crippen molar-refractivity contribution in [3.8, 4) is 16.9 Å². The minimum Gasteiger partial charge on any atom is -0.467 e. The van der Waals surface area contributed by atoms with Gasteiger partial charge in [-0.25, -0.2) is 13.6 Å². The molecule has 0 aromatic heterocycles. The molecule has 0 unspecified atom stereocenters. The van der Waals surface area contributed by atoms with E-state index in [4.69, 9.17) is 4.74 Å². The molecule has 0 aliphatic carbocycles. The maximum Gasteiger partial charge on any atom is 0.329 e. The molecule has 0 saturated heterocycles. The number of carbonyl (C=O) groups is 4. The van der Waals surface area contributed by atoms with E-state index in [1.807, 2.05) is 0 Å². The Balaban J connectivity index is 2.36. The first kappa shape index (κ1) is 24.0. The molecule has 164 valence electrons. The molecule has 0 aliphatic heterocycles. The second-order valence-electron chi connectivity index (χ2n) is 6.30. The SMILES string of the molecule is COC(=O)[C@H](CSC(=O)c1cc(-c2ccc(F)cc2F)ccc1OC(C)=O)NC(C)=O. The number of esters is 2. The fourth-order valence-electron chi connectivity index (χ4n) is 2.62. The highest BCUT2D eigenvalue weighted by molar-refractivity contribution is 8.14. The molecular formula is C21H19F2NO6S. The number of methoxy groups -OCH3 is 1. The molecular weight excluding hydrogens is 432 g/mol. The Morgan fingerprint density at radius 2 is 1.77 bits per heavy atom. The van der Waals surface area contributed by atoms with Gasteiger partial charge in [-0.1, -0.05) is 17.8 Å². The van der Waals surface area contributed by atoms with Gasteiger partial charge in [-0.15, -0.1) is 0 Å². The van der Waals surface area contributed by atoms with Crippen molar-refractivity contribution in [2.24, 2.45) is 0 Å². The van der Waals surface area contributed by atoms with E-state index >= 15 is 0 Å². The highest BCUT2D eigenvalue weighted by Gasteiger charge is 2.24. The summed E-state index contributed by atoms with van der Waals surface area (Å²) >= 11 is 0.676. The molecule has 31 heavy (non-hydrogen) atoms. The summed E-state index contributed by atoms with van der Waals surface area (Å²) in [7, 11) is 1.14. The van der Waals surface area contributed by atoms with E-state index in [-0.39, 0.29) is 28.2 Å². The fraction of sp³-hybridized carbons (Fsp3) is 0.238. The van der Waals surface area contributed by atoms with Gasteiger partial charge < -0.3 is 14.8 Å². The number of nitrogens with one attached hydrogen (secondary N) is 1.